The molecule has 0 saturated carbocycles. The molecule has 10 N–H and O–H groups in total. The maximum Gasteiger partial charge on any atom is 0.326 e. The monoisotopic (exact) mass is 1870 g/mol. The second-order valence-electron chi connectivity index (χ2n) is 29.4. The lowest BCUT2D eigenvalue weighted by Gasteiger charge is -2.35. The van der Waals surface area contributed by atoms with Gasteiger partial charge in [-0.2, -0.15) is 0 Å². The molecule has 2 rings (SSSR count). The minimum absolute atomic E-state index is 0.0142. The minimum atomic E-state index is -2.23. The highest BCUT2D eigenvalue weighted by molar-refractivity contribution is 6.19. The van der Waals surface area contributed by atoms with E-state index in [-0.39, 0.29) is 117 Å². The third-order valence-corrected chi connectivity index (χ3v) is 18.4. The van der Waals surface area contributed by atoms with Gasteiger partial charge in [-0.3, -0.25) is 67.3 Å². The van der Waals surface area contributed by atoms with Crippen LogP contribution in [0.3, 0.4) is 0 Å². The van der Waals surface area contributed by atoms with Crippen molar-refractivity contribution in [2.24, 2.45) is 11.8 Å². The first kappa shape index (κ1) is 118. The molecule has 0 aromatic heterocycles. The van der Waals surface area contributed by atoms with Crippen molar-refractivity contribution in [3.8, 4) is 0 Å². The number of ether oxygens (including phenoxy) is 20. The summed E-state index contributed by atoms with van der Waals surface area (Å²) >= 11 is 0. The summed E-state index contributed by atoms with van der Waals surface area (Å²) in [6.45, 7) is 19.5. The van der Waals surface area contributed by atoms with Crippen molar-refractivity contribution >= 4 is 82.8 Å². The molecule has 0 fully saturated rings. The molecule has 0 spiro atoms. The fraction of sp³-hybridized carbons (Fsp3) is 0.786. The van der Waals surface area contributed by atoms with Gasteiger partial charge in [-0.15, -0.1) is 0 Å². The molecule has 746 valence electrons. The summed E-state index contributed by atoms with van der Waals surface area (Å²) in [6, 6.07) is -9.68. The maximum absolute atomic E-state index is 14.4. The van der Waals surface area contributed by atoms with Gasteiger partial charge in [0, 0.05) is 77.5 Å². The van der Waals surface area contributed by atoms with Gasteiger partial charge in [-0.1, -0.05) is 27.7 Å². The Labute approximate surface area is 760 Å². The van der Waals surface area contributed by atoms with Gasteiger partial charge in [0.1, 0.15) is 49.5 Å². The first-order valence-electron chi connectivity index (χ1n) is 44.2. The number of hydrogen-bond acceptors (Lipinski definition) is 34. The van der Waals surface area contributed by atoms with E-state index in [0.29, 0.717) is 221 Å². The number of carboxylic acids is 2. The van der Waals surface area contributed by atoms with E-state index in [4.69, 9.17) is 94.7 Å². The van der Waals surface area contributed by atoms with E-state index in [1.54, 1.807) is 41.9 Å². The Morgan fingerprint density at radius 3 is 0.708 bits per heavy atom. The quantitative estimate of drug-likeness (QED) is 0.0214. The van der Waals surface area contributed by atoms with Gasteiger partial charge in [-0.25, -0.2) is 9.59 Å². The average molecular weight is 1870 g/mol. The van der Waals surface area contributed by atoms with Gasteiger partial charge in [0.05, 0.1) is 238 Å². The van der Waals surface area contributed by atoms with Gasteiger partial charge >= 0.3 is 11.9 Å². The number of carbonyl (C=O) groups excluding carboxylic acids is 12. The third kappa shape index (κ3) is 59.9. The van der Waals surface area contributed by atoms with Gasteiger partial charge in [0.25, 0.3) is 23.6 Å². The van der Waals surface area contributed by atoms with Crippen LogP contribution in [0.15, 0.2) is 24.3 Å². The molecule has 130 heavy (non-hydrogen) atoms. The van der Waals surface area contributed by atoms with Crippen molar-refractivity contribution in [2.45, 2.75) is 128 Å². The second-order valence-corrected chi connectivity index (χ2v) is 29.4. The van der Waals surface area contributed by atoms with Crippen molar-refractivity contribution in [3.63, 3.8) is 0 Å². The van der Waals surface area contributed by atoms with Crippen molar-refractivity contribution in [3.05, 3.63) is 24.3 Å². The SMILES string of the molecule is COCCOCCOCCOCCOCCOCCOCCOCCOCCOCC(=O)NCCCC[C@H](NC(=O)CCCNC(=O)[C@H]([C@@H](C(=O)NCCCC(=O)N[C@@H](CCCCNC(=O)COCCOCCOCCOCCOCCOCCOCCOCCOCCOC)C(=O)N[C@H](C(=O)O)C(C)C)N1C(=O)C=CC1=O)N1C(=O)C=CC1=O)C(=O)N[C@H](C(=O)O)C(C)C. The van der Waals surface area contributed by atoms with Gasteiger partial charge in [0.2, 0.25) is 47.3 Å². The van der Waals surface area contributed by atoms with Crippen molar-refractivity contribution < 1.29 is 172 Å². The lowest BCUT2D eigenvalue weighted by atomic mass is 10.0. The number of nitrogens with one attached hydrogen (secondary N) is 8. The molecule has 0 bridgehead atoms. The number of imide groups is 2. The highest BCUT2D eigenvalue weighted by Gasteiger charge is 2.50. The van der Waals surface area contributed by atoms with Crippen molar-refractivity contribution in [1.82, 2.24) is 52.3 Å². The Hall–Kier alpha value is -8.34. The summed E-state index contributed by atoms with van der Waals surface area (Å²) in [5.41, 5.74) is 0. The zero-order valence-corrected chi connectivity index (χ0v) is 76.4. The van der Waals surface area contributed by atoms with Crippen LogP contribution in [0.25, 0.3) is 0 Å². The standard InChI is InChI=1S/C84H144N10O36/c1-63(2)75(83(107)108)91-79(103)65(13-7-9-21-85-69(97)61-129-59-57-127-55-53-125-51-49-123-47-45-121-43-41-119-39-37-117-35-33-115-31-29-113-27-25-111-5)89-67(95)15-11-23-87-81(105)77(93-71(99)17-18-72(93)100)78(94-73(101)19-20-74(94)102)82(106)88-24-12-16-68(96)90-66(80(104)92-76(64(3)4)84(109)110)14-8-10-22-86-70(98)62-130-60-58-128-56-54-126-52-50-124-48-46-122-44-42-120-40-38-118-36-34-116-32-30-114-28-26-112-6/h17-20,63-66,75-78H,7-16,21-62H2,1-6H3,(H,85,97)(H,86,98)(H,87,105)(H,88,106)(H,89,95)(H,90,96)(H,91,103)(H,92,104)(H,107,108)(H,109,110)/t65-,66-,75-,76-,77-,78-/m0/s1. The molecular weight excluding hydrogens is 1720 g/mol. The Bertz CT molecular complexity index is 2980. The Morgan fingerprint density at radius 2 is 0.492 bits per heavy atom. The predicted octanol–water partition coefficient (Wildman–Crippen LogP) is -3.05. The summed E-state index contributed by atoms with van der Waals surface area (Å²) in [4.78, 5) is 186. The summed E-state index contributed by atoms with van der Waals surface area (Å²) < 4.78 is 108. The number of methoxy groups -OCH3 is 2. The van der Waals surface area contributed by atoms with E-state index in [1.165, 1.54) is 0 Å². The number of nitrogens with zero attached hydrogens (tertiary/aromatic N) is 2. The second kappa shape index (κ2) is 79.2. The molecule has 46 nitrogen and oxygen atoms in total. The van der Waals surface area contributed by atoms with E-state index in [2.05, 4.69) is 42.5 Å². The lowest BCUT2D eigenvalue weighted by molar-refractivity contribution is -0.156. The first-order chi connectivity index (χ1) is 62.9. The van der Waals surface area contributed by atoms with E-state index < -0.39 is 144 Å². The Morgan fingerprint density at radius 1 is 0.277 bits per heavy atom. The predicted molar refractivity (Wildman–Crippen MR) is 459 cm³/mol. The fourth-order valence-corrected chi connectivity index (χ4v) is 11.5. The summed E-state index contributed by atoms with van der Waals surface area (Å²) in [5, 5.41) is 40.1. The highest BCUT2D eigenvalue weighted by atomic mass is 16.6. The number of unbranched alkanes of at least 4 members (excludes halogenated alkanes) is 2. The summed E-state index contributed by atoms with van der Waals surface area (Å²) in [7, 11) is 3.23. The third-order valence-electron chi connectivity index (χ3n) is 18.4. The van der Waals surface area contributed by atoms with Crippen LogP contribution < -0.4 is 42.5 Å². The molecule has 6 atom stereocenters. The first-order valence-corrected chi connectivity index (χ1v) is 44.2. The van der Waals surface area contributed by atoms with Crippen LogP contribution in [0.5, 0.6) is 0 Å². The lowest BCUT2D eigenvalue weighted by Crippen LogP contribution is -2.66. The van der Waals surface area contributed by atoms with Crippen molar-refractivity contribution in [1.29, 1.82) is 0 Å². The zero-order valence-electron chi connectivity index (χ0n) is 76.4. The van der Waals surface area contributed by atoms with Crippen LogP contribution in [0, 0.1) is 11.8 Å². The molecule has 2 aliphatic heterocycles. The van der Waals surface area contributed by atoms with E-state index in [1.807, 2.05) is 0 Å². The average Bonchev–Trinajstić information content (AvgIpc) is 1.60. The molecule has 0 unspecified atom stereocenters. The topological polar surface area (TPSA) is 567 Å². The van der Waals surface area contributed by atoms with E-state index in [0.717, 1.165) is 24.3 Å². The molecule has 0 aliphatic carbocycles. The van der Waals surface area contributed by atoms with Crippen LogP contribution in [0.4, 0.5) is 0 Å². The van der Waals surface area contributed by atoms with Gasteiger partial charge in [-0.05, 0) is 63.2 Å². The normalized spacial score (nSPS) is 14.0. The number of carboxylic acid groups (broad SMARTS) is 2. The van der Waals surface area contributed by atoms with Crippen LogP contribution in [0.1, 0.15) is 91.9 Å². The van der Waals surface area contributed by atoms with Gasteiger partial charge in [0.15, 0.2) is 0 Å². The van der Waals surface area contributed by atoms with Crippen LogP contribution in [0.2, 0.25) is 0 Å². The summed E-state index contributed by atoms with van der Waals surface area (Å²) in [5.74, 6) is -14.6. The zero-order chi connectivity index (χ0) is 95.3. The fourth-order valence-electron chi connectivity index (χ4n) is 11.5. The van der Waals surface area contributed by atoms with Crippen LogP contribution in [-0.4, -0.2) is 431 Å². The Kier molecular flexibility index (Phi) is 71.8. The Balaban J connectivity index is 1.81. The molecule has 2 heterocycles. The molecule has 46 heteroatoms. The van der Waals surface area contributed by atoms with Gasteiger partial charge < -0.3 is 147 Å². The summed E-state index contributed by atoms with van der Waals surface area (Å²) in [6.07, 6.45) is 3.12. The van der Waals surface area contributed by atoms with E-state index >= 15 is 0 Å². The molecular formula is C84H144N10O36. The molecule has 0 aromatic carbocycles. The smallest absolute Gasteiger partial charge is 0.326 e. The number of amides is 12. The molecule has 0 radical (unpaired) electrons. The number of aliphatic carboxylic acids is 2. The van der Waals surface area contributed by atoms with Crippen LogP contribution in [-0.2, 0) is 162 Å². The molecule has 2 aliphatic rings. The largest absolute Gasteiger partial charge is 0.480 e. The number of carbonyl (C=O) groups is 14. The van der Waals surface area contributed by atoms with Crippen molar-refractivity contribution in [2.75, 3.05) is 291 Å². The minimum Gasteiger partial charge on any atom is -0.480 e. The molecule has 0 saturated heterocycles. The number of rotatable bonds is 91. The van der Waals surface area contributed by atoms with Crippen LogP contribution >= 0.6 is 0 Å². The van der Waals surface area contributed by atoms with E-state index in [9.17, 15) is 77.3 Å². The molecule has 0 aromatic rings. The highest BCUT2D eigenvalue weighted by Crippen LogP contribution is 2.22. The maximum atomic E-state index is 14.4. The number of hydrogen-bond donors (Lipinski definition) is 10. The molecule has 12 amide bonds.